The Balaban J connectivity index is 1.63. The van der Waals surface area contributed by atoms with Gasteiger partial charge in [0.25, 0.3) is 0 Å². The number of benzene rings is 1. The van der Waals surface area contributed by atoms with Gasteiger partial charge in [-0.2, -0.15) is 0 Å². The number of hydrogen-bond donors (Lipinski definition) is 3. The standard InChI is InChI=1S/C15H16AsClN2O5S/c16-9(7-1-3-8(20)4-2-7)11(21)18-10-12(22)19-5-15(17,14(23)24)6-25-13(10)19/h1-4,9-10,13,20H,5-6,16H2,(H,18,21)(H,23,24)/t9?,10?,13-,15?/m1/s1. The van der Waals surface area contributed by atoms with Crippen molar-refractivity contribution in [2.45, 2.75) is 21.0 Å². The van der Waals surface area contributed by atoms with Gasteiger partial charge in [0.1, 0.15) is 0 Å². The first kappa shape index (κ1) is 18.4. The van der Waals surface area contributed by atoms with E-state index in [0.29, 0.717) is 0 Å². The summed E-state index contributed by atoms with van der Waals surface area (Å²) in [6, 6.07) is 5.69. The molecule has 1 aromatic carbocycles. The second-order valence-electron chi connectivity index (χ2n) is 5.99. The number of aliphatic carboxylic acids is 1. The Morgan fingerprint density at radius 3 is 2.64 bits per heavy atom. The molecule has 7 nitrogen and oxygen atoms in total. The fourth-order valence-electron chi connectivity index (χ4n) is 2.75. The van der Waals surface area contributed by atoms with Crippen molar-refractivity contribution in [1.29, 1.82) is 0 Å². The topological polar surface area (TPSA) is 107 Å². The Morgan fingerprint density at radius 2 is 2.04 bits per heavy atom. The van der Waals surface area contributed by atoms with Gasteiger partial charge in [-0.05, 0) is 0 Å². The molecule has 10 heteroatoms. The summed E-state index contributed by atoms with van der Waals surface area (Å²) < 4.78 is -0.422. The summed E-state index contributed by atoms with van der Waals surface area (Å²) in [6.45, 7) is -0.0653. The molecule has 2 heterocycles. The van der Waals surface area contributed by atoms with Crippen LogP contribution in [0, 0.1) is 0 Å². The summed E-state index contributed by atoms with van der Waals surface area (Å²) in [5.41, 5.74) is 0.751. The van der Waals surface area contributed by atoms with Crippen molar-refractivity contribution in [1.82, 2.24) is 10.2 Å². The first-order chi connectivity index (χ1) is 11.7. The number of thioether (sulfide) groups is 1. The molecule has 0 aromatic heterocycles. The number of amides is 2. The molecule has 4 unspecified atom stereocenters. The third-order valence-electron chi connectivity index (χ3n) is 4.26. The molecule has 134 valence electrons. The van der Waals surface area contributed by atoms with Crippen molar-refractivity contribution >= 4 is 58.0 Å². The summed E-state index contributed by atoms with van der Waals surface area (Å²) in [4.78, 5) is 35.8. The number of carboxylic acids is 1. The third-order valence-corrected chi connectivity index (χ3v) is 7.80. The van der Waals surface area contributed by atoms with E-state index >= 15 is 0 Å². The molecule has 1 aromatic rings. The molecule has 0 radical (unpaired) electrons. The van der Waals surface area contributed by atoms with Crippen LogP contribution in [0.1, 0.15) is 10.3 Å². The predicted octanol–water partition coefficient (Wildman–Crippen LogP) is -0.471. The Bertz CT molecular complexity index is 733. The number of rotatable bonds is 4. The van der Waals surface area contributed by atoms with Gasteiger partial charge in [-0.25, -0.2) is 0 Å². The van der Waals surface area contributed by atoms with E-state index in [1.165, 1.54) is 45.6 Å². The molecule has 2 aliphatic rings. The van der Waals surface area contributed by atoms with E-state index in [4.69, 9.17) is 11.6 Å². The maximum atomic E-state index is 12.4. The van der Waals surface area contributed by atoms with Crippen molar-refractivity contribution in [2.24, 2.45) is 0 Å². The number of fused-ring (bicyclic) bond motifs is 1. The van der Waals surface area contributed by atoms with Gasteiger partial charge in [0, 0.05) is 0 Å². The first-order valence-corrected chi connectivity index (χ1v) is 10.2. The Hall–Kier alpha value is -1.37. The molecule has 5 atom stereocenters. The van der Waals surface area contributed by atoms with E-state index in [1.54, 1.807) is 12.1 Å². The zero-order valence-corrected chi connectivity index (χ0v) is 16.9. The summed E-state index contributed by atoms with van der Waals surface area (Å²) in [7, 11) is 0. The summed E-state index contributed by atoms with van der Waals surface area (Å²) in [5, 5.41) is 20.9. The predicted molar refractivity (Wildman–Crippen MR) is 95.5 cm³/mol. The number of hydrogen-bond acceptors (Lipinski definition) is 5. The second kappa shape index (κ2) is 6.74. The molecule has 2 amide bonds. The number of alkyl halides is 1. The fourth-order valence-corrected chi connectivity index (χ4v) is 5.12. The van der Waals surface area contributed by atoms with Crippen molar-refractivity contribution in [3.63, 3.8) is 0 Å². The number of nitrogens with one attached hydrogen (secondary N) is 1. The number of aromatic hydroxyl groups is 1. The number of carbonyl (C=O) groups is 3. The van der Waals surface area contributed by atoms with Crippen LogP contribution in [0.5, 0.6) is 5.75 Å². The minimum atomic E-state index is -1.48. The van der Waals surface area contributed by atoms with Crippen LogP contribution < -0.4 is 5.32 Å². The molecule has 0 spiro atoms. The molecule has 25 heavy (non-hydrogen) atoms. The quantitative estimate of drug-likeness (QED) is 0.328. The summed E-state index contributed by atoms with van der Waals surface area (Å²) in [5.74, 6) is -1.45. The van der Waals surface area contributed by atoms with Gasteiger partial charge in [-0.1, -0.05) is 0 Å². The van der Waals surface area contributed by atoms with Gasteiger partial charge in [-0.3, -0.25) is 0 Å². The van der Waals surface area contributed by atoms with E-state index < -0.39 is 21.6 Å². The number of nitrogens with zero attached hydrogens (tertiary/aromatic N) is 1. The summed E-state index contributed by atoms with van der Waals surface area (Å²) >= 11 is 8.50. The van der Waals surface area contributed by atoms with Crippen LogP contribution in [0.25, 0.3) is 0 Å². The van der Waals surface area contributed by atoms with Gasteiger partial charge >= 0.3 is 162 Å². The third kappa shape index (κ3) is 3.35. The molecule has 0 aliphatic carbocycles. The van der Waals surface area contributed by atoms with E-state index in [2.05, 4.69) is 5.32 Å². The zero-order valence-electron chi connectivity index (χ0n) is 12.9. The average Bonchev–Trinajstić information content (AvgIpc) is 2.59. The van der Waals surface area contributed by atoms with Crippen LogP contribution in [0.3, 0.4) is 0 Å². The van der Waals surface area contributed by atoms with Crippen LogP contribution in [0.15, 0.2) is 24.3 Å². The van der Waals surface area contributed by atoms with Crippen molar-refractivity contribution in [3.8, 4) is 5.75 Å². The molecular formula is C15H16AsClN2O5S. The number of phenolic OH excluding ortho intramolecular Hbond substituents is 1. The fraction of sp³-hybridized carbons (Fsp3) is 0.400. The molecule has 0 bridgehead atoms. The van der Waals surface area contributed by atoms with E-state index in [0.717, 1.165) is 5.56 Å². The molecule has 2 aliphatic heterocycles. The number of β-lactam (4-membered cyclic amide) rings is 1. The van der Waals surface area contributed by atoms with Gasteiger partial charge in [0.05, 0.1) is 0 Å². The van der Waals surface area contributed by atoms with Gasteiger partial charge in [0.2, 0.25) is 0 Å². The van der Waals surface area contributed by atoms with Crippen LogP contribution in [0.2, 0.25) is 0 Å². The second-order valence-corrected chi connectivity index (χ2v) is 9.22. The molecular weight excluding hydrogens is 431 g/mol. The summed E-state index contributed by atoms with van der Waals surface area (Å²) in [6.07, 6.45) is 0. The van der Waals surface area contributed by atoms with Gasteiger partial charge in [-0.15, -0.1) is 0 Å². The van der Waals surface area contributed by atoms with Crippen molar-refractivity contribution in [2.75, 3.05) is 12.3 Å². The normalized spacial score (nSPS) is 29.4. The van der Waals surface area contributed by atoms with Gasteiger partial charge in [0.15, 0.2) is 0 Å². The number of carboxylic acid groups (broad SMARTS) is 1. The number of phenols is 1. The van der Waals surface area contributed by atoms with E-state index in [-0.39, 0.29) is 35.2 Å². The van der Waals surface area contributed by atoms with Crippen LogP contribution in [0.4, 0.5) is 0 Å². The van der Waals surface area contributed by atoms with Crippen LogP contribution in [-0.2, 0) is 14.4 Å². The molecule has 3 N–H and O–H groups in total. The first-order valence-electron chi connectivity index (χ1n) is 7.42. The van der Waals surface area contributed by atoms with Crippen LogP contribution >= 0.6 is 23.4 Å². The van der Waals surface area contributed by atoms with Crippen molar-refractivity contribution in [3.05, 3.63) is 29.8 Å². The SMILES string of the molecule is O=C(NC1C(=O)N2CC(Cl)(C(=O)O)CS[C@H]12)C([AsH2])c1ccc(O)cc1. The van der Waals surface area contributed by atoms with E-state index in [9.17, 15) is 24.6 Å². The Morgan fingerprint density at radius 1 is 1.40 bits per heavy atom. The van der Waals surface area contributed by atoms with Gasteiger partial charge < -0.3 is 0 Å². The minimum absolute atomic E-state index is 0.0653. The maximum absolute atomic E-state index is 12.4. The molecule has 0 saturated carbocycles. The Kier molecular flexibility index (Phi) is 4.97. The van der Waals surface area contributed by atoms with E-state index in [1.807, 2.05) is 0 Å². The average molecular weight is 447 g/mol. The molecule has 2 fully saturated rings. The van der Waals surface area contributed by atoms with Crippen LogP contribution in [-0.4, -0.2) is 78.3 Å². The van der Waals surface area contributed by atoms with Crippen molar-refractivity contribution < 1.29 is 24.6 Å². The number of halogens is 1. The Labute approximate surface area is 161 Å². The monoisotopic (exact) mass is 446 g/mol. The molecule has 2 saturated heterocycles. The molecule has 3 rings (SSSR count). The number of carbonyl (C=O) groups excluding carboxylic acids is 2. The zero-order chi connectivity index (χ0) is 18.4.